The summed E-state index contributed by atoms with van der Waals surface area (Å²) in [6.07, 6.45) is 2.80. The lowest BCUT2D eigenvalue weighted by molar-refractivity contribution is 0.393. The Kier molecular flexibility index (Phi) is 2.11. The molecule has 0 atom stereocenters. The first-order valence-electron chi connectivity index (χ1n) is 3.58. The largest absolute Gasteiger partial charge is 0.362 e. The van der Waals surface area contributed by atoms with Gasteiger partial charge in [-0.3, -0.25) is 0 Å². The van der Waals surface area contributed by atoms with Crippen molar-refractivity contribution in [3.63, 3.8) is 0 Å². The van der Waals surface area contributed by atoms with Crippen LogP contribution in [0.15, 0.2) is 15.8 Å². The third-order valence-corrected chi connectivity index (χ3v) is 1.43. The van der Waals surface area contributed by atoms with Crippen LogP contribution in [0.1, 0.15) is 26.5 Å². The number of isocyanates is 1. The second-order valence-corrected chi connectivity index (χ2v) is 3.50. The predicted octanol–water partition coefficient (Wildman–Crippen LogP) is 1.94. The standard InChI is InChI=1S/C8H10N2O2/c1-8(2,3)7-6(9-5-11)4-12-10-7/h4H,1-3H3. The Morgan fingerprint density at radius 1 is 1.58 bits per heavy atom. The van der Waals surface area contributed by atoms with Crippen LogP contribution in [0, 0.1) is 0 Å². The van der Waals surface area contributed by atoms with Crippen molar-refractivity contribution in [2.45, 2.75) is 26.2 Å². The Balaban J connectivity index is 3.16. The molecular weight excluding hydrogens is 156 g/mol. The summed E-state index contributed by atoms with van der Waals surface area (Å²) in [6.45, 7) is 5.90. The lowest BCUT2D eigenvalue weighted by atomic mass is 9.91. The third kappa shape index (κ3) is 1.60. The first-order valence-corrected chi connectivity index (χ1v) is 3.58. The number of rotatable bonds is 1. The molecule has 0 spiro atoms. The number of aliphatic imine (C=N–C) groups is 1. The highest BCUT2D eigenvalue weighted by atomic mass is 16.5. The molecule has 1 aromatic heterocycles. The fourth-order valence-corrected chi connectivity index (χ4v) is 0.881. The van der Waals surface area contributed by atoms with Crippen LogP contribution in [0.25, 0.3) is 0 Å². The first-order chi connectivity index (χ1) is 5.55. The second-order valence-electron chi connectivity index (χ2n) is 3.50. The molecule has 0 amide bonds. The quantitative estimate of drug-likeness (QED) is 0.473. The van der Waals surface area contributed by atoms with Crippen LogP contribution in [0.3, 0.4) is 0 Å². The number of carbonyl (C=O) groups excluding carboxylic acids is 1. The summed E-state index contributed by atoms with van der Waals surface area (Å²) >= 11 is 0. The van der Waals surface area contributed by atoms with Crippen LogP contribution in [0.2, 0.25) is 0 Å². The van der Waals surface area contributed by atoms with Crippen LogP contribution >= 0.6 is 0 Å². The summed E-state index contributed by atoms with van der Waals surface area (Å²) in [7, 11) is 0. The summed E-state index contributed by atoms with van der Waals surface area (Å²) in [5.74, 6) is 0. The lowest BCUT2D eigenvalue weighted by Gasteiger charge is -2.13. The summed E-state index contributed by atoms with van der Waals surface area (Å²) in [5, 5.41) is 3.76. The topological polar surface area (TPSA) is 55.5 Å². The number of hydrogen-bond donors (Lipinski definition) is 0. The van der Waals surface area contributed by atoms with Crippen molar-refractivity contribution in [3.05, 3.63) is 12.0 Å². The van der Waals surface area contributed by atoms with Gasteiger partial charge in [-0.05, 0) is 0 Å². The maximum absolute atomic E-state index is 9.99. The van der Waals surface area contributed by atoms with Gasteiger partial charge in [0.1, 0.15) is 11.4 Å². The zero-order chi connectivity index (χ0) is 9.19. The van der Waals surface area contributed by atoms with Gasteiger partial charge in [0.15, 0.2) is 6.26 Å². The Labute approximate surface area is 70.3 Å². The van der Waals surface area contributed by atoms with Gasteiger partial charge in [-0.2, -0.15) is 4.99 Å². The van der Waals surface area contributed by atoms with E-state index in [2.05, 4.69) is 10.1 Å². The molecule has 0 saturated carbocycles. The Bertz CT molecular complexity index is 316. The highest BCUT2D eigenvalue weighted by Gasteiger charge is 2.21. The Morgan fingerprint density at radius 3 is 2.75 bits per heavy atom. The summed E-state index contributed by atoms with van der Waals surface area (Å²) in [4.78, 5) is 13.5. The van der Waals surface area contributed by atoms with Crippen LogP contribution < -0.4 is 0 Å². The van der Waals surface area contributed by atoms with Crippen molar-refractivity contribution in [3.8, 4) is 0 Å². The van der Waals surface area contributed by atoms with E-state index in [1.54, 1.807) is 0 Å². The van der Waals surface area contributed by atoms with Crippen molar-refractivity contribution >= 4 is 11.8 Å². The van der Waals surface area contributed by atoms with Crippen LogP contribution in [-0.4, -0.2) is 11.2 Å². The zero-order valence-electron chi connectivity index (χ0n) is 7.29. The smallest absolute Gasteiger partial charge is 0.240 e. The van der Waals surface area contributed by atoms with E-state index in [1.807, 2.05) is 20.8 Å². The molecule has 1 aromatic rings. The van der Waals surface area contributed by atoms with Crippen LogP contribution in [0.4, 0.5) is 5.69 Å². The summed E-state index contributed by atoms with van der Waals surface area (Å²) < 4.78 is 4.70. The number of hydrogen-bond acceptors (Lipinski definition) is 4. The van der Waals surface area contributed by atoms with Crippen molar-refractivity contribution < 1.29 is 9.32 Å². The van der Waals surface area contributed by atoms with Crippen LogP contribution in [-0.2, 0) is 10.2 Å². The maximum Gasteiger partial charge on any atom is 0.240 e. The Morgan fingerprint density at radius 2 is 2.25 bits per heavy atom. The third-order valence-electron chi connectivity index (χ3n) is 1.43. The van der Waals surface area contributed by atoms with Gasteiger partial charge in [0.05, 0.1) is 0 Å². The molecule has 0 saturated heterocycles. The van der Waals surface area contributed by atoms with Gasteiger partial charge in [0, 0.05) is 5.41 Å². The van der Waals surface area contributed by atoms with Gasteiger partial charge in [-0.15, -0.1) is 0 Å². The minimum absolute atomic E-state index is 0.164. The molecule has 0 radical (unpaired) electrons. The SMILES string of the molecule is CC(C)(C)c1nocc1N=C=O. The lowest BCUT2D eigenvalue weighted by Crippen LogP contribution is -2.11. The fraction of sp³-hybridized carbons (Fsp3) is 0.500. The highest BCUT2D eigenvalue weighted by molar-refractivity contribution is 5.51. The highest BCUT2D eigenvalue weighted by Crippen LogP contribution is 2.29. The molecule has 4 heteroatoms. The average molecular weight is 166 g/mol. The first kappa shape index (κ1) is 8.68. The normalized spacial score (nSPS) is 10.9. The number of aromatic nitrogens is 1. The van der Waals surface area contributed by atoms with Gasteiger partial charge >= 0.3 is 0 Å². The molecule has 4 nitrogen and oxygen atoms in total. The molecule has 0 N–H and O–H groups in total. The zero-order valence-corrected chi connectivity index (χ0v) is 7.29. The van der Waals surface area contributed by atoms with E-state index in [-0.39, 0.29) is 5.41 Å². The van der Waals surface area contributed by atoms with Gasteiger partial charge in [-0.25, -0.2) is 4.79 Å². The second kappa shape index (κ2) is 2.91. The number of nitrogens with zero attached hydrogens (tertiary/aromatic N) is 2. The van der Waals surface area contributed by atoms with E-state index in [0.29, 0.717) is 11.4 Å². The van der Waals surface area contributed by atoms with Crippen LogP contribution in [0.5, 0.6) is 0 Å². The minimum Gasteiger partial charge on any atom is -0.362 e. The van der Waals surface area contributed by atoms with Crippen molar-refractivity contribution in [1.82, 2.24) is 5.16 Å². The van der Waals surface area contributed by atoms with Gasteiger partial charge in [0.25, 0.3) is 0 Å². The van der Waals surface area contributed by atoms with E-state index in [9.17, 15) is 4.79 Å². The van der Waals surface area contributed by atoms with Gasteiger partial charge in [-0.1, -0.05) is 25.9 Å². The van der Waals surface area contributed by atoms with Crippen molar-refractivity contribution in [2.24, 2.45) is 4.99 Å². The average Bonchev–Trinajstić information content (AvgIpc) is 2.34. The molecular formula is C8H10N2O2. The summed E-state index contributed by atoms with van der Waals surface area (Å²) in [6, 6.07) is 0. The monoisotopic (exact) mass is 166 g/mol. The molecule has 0 unspecified atom stereocenters. The van der Waals surface area contributed by atoms with Crippen molar-refractivity contribution in [2.75, 3.05) is 0 Å². The van der Waals surface area contributed by atoms with E-state index in [1.165, 1.54) is 12.3 Å². The van der Waals surface area contributed by atoms with E-state index in [4.69, 9.17) is 4.52 Å². The molecule has 0 aliphatic rings. The fourth-order valence-electron chi connectivity index (χ4n) is 0.881. The minimum atomic E-state index is -0.164. The molecule has 0 aliphatic carbocycles. The molecule has 64 valence electrons. The summed E-state index contributed by atoms with van der Waals surface area (Å²) in [5.41, 5.74) is 0.964. The van der Waals surface area contributed by atoms with E-state index in [0.717, 1.165) is 0 Å². The van der Waals surface area contributed by atoms with E-state index >= 15 is 0 Å². The molecule has 0 bridgehead atoms. The molecule has 1 heterocycles. The molecule has 1 rings (SSSR count). The molecule has 12 heavy (non-hydrogen) atoms. The molecule has 0 aliphatic heterocycles. The van der Waals surface area contributed by atoms with Gasteiger partial charge < -0.3 is 4.52 Å². The maximum atomic E-state index is 9.99. The molecule has 0 fully saturated rings. The molecule has 0 aromatic carbocycles. The van der Waals surface area contributed by atoms with Crippen molar-refractivity contribution in [1.29, 1.82) is 0 Å². The van der Waals surface area contributed by atoms with E-state index < -0.39 is 0 Å². The predicted molar refractivity (Wildman–Crippen MR) is 43.0 cm³/mol. The van der Waals surface area contributed by atoms with Gasteiger partial charge in [0.2, 0.25) is 6.08 Å². The Hall–Kier alpha value is -1.41.